The first-order chi connectivity index (χ1) is 7.72. The summed E-state index contributed by atoms with van der Waals surface area (Å²) in [5, 5.41) is 23.5. The normalized spacial score (nSPS) is 24.9. The van der Waals surface area contributed by atoms with E-state index in [1.807, 2.05) is 0 Å². The molecule has 1 aromatic heterocycles. The van der Waals surface area contributed by atoms with E-state index in [0.29, 0.717) is 0 Å². The Hall–Kier alpha value is -1.90. The van der Waals surface area contributed by atoms with Gasteiger partial charge in [-0.1, -0.05) is 12.8 Å². The lowest BCUT2D eigenvalue weighted by Gasteiger charge is -2.26. The van der Waals surface area contributed by atoms with Gasteiger partial charge in [-0.25, -0.2) is 0 Å². The van der Waals surface area contributed by atoms with Crippen LogP contribution >= 0.6 is 0 Å². The zero-order valence-corrected chi connectivity index (χ0v) is 8.74. The van der Waals surface area contributed by atoms with E-state index in [9.17, 15) is 10.1 Å². The molecule has 0 N–H and O–H groups in total. The molecule has 0 aliphatic heterocycles. The molecule has 1 aliphatic rings. The highest BCUT2D eigenvalue weighted by atomic mass is 16.6. The maximum Gasteiger partial charge on any atom is 0.307 e. The van der Waals surface area contributed by atoms with Crippen LogP contribution in [-0.4, -0.2) is 14.7 Å². The van der Waals surface area contributed by atoms with Crippen molar-refractivity contribution in [2.24, 2.45) is 5.92 Å². The molecule has 1 heterocycles. The molecule has 2 unspecified atom stereocenters. The second kappa shape index (κ2) is 4.31. The van der Waals surface area contributed by atoms with Crippen LogP contribution in [-0.2, 0) is 0 Å². The molecule has 1 aliphatic carbocycles. The molecule has 6 heteroatoms. The Morgan fingerprint density at radius 2 is 2.31 bits per heavy atom. The van der Waals surface area contributed by atoms with Crippen molar-refractivity contribution < 1.29 is 4.92 Å². The van der Waals surface area contributed by atoms with Crippen molar-refractivity contribution in [3.63, 3.8) is 0 Å². The van der Waals surface area contributed by atoms with Crippen LogP contribution in [0.15, 0.2) is 12.4 Å². The molecule has 0 bridgehead atoms. The Bertz CT molecular complexity index is 434. The van der Waals surface area contributed by atoms with Crippen LogP contribution in [0, 0.1) is 27.4 Å². The van der Waals surface area contributed by atoms with Crippen LogP contribution in [0.1, 0.15) is 31.7 Å². The minimum Gasteiger partial charge on any atom is -0.261 e. The Morgan fingerprint density at radius 3 is 2.94 bits per heavy atom. The molecular weight excluding hydrogens is 208 g/mol. The standard InChI is InChI=1S/C10H12N4O2/c11-5-8-3-1-2-4-10(8)13-7-9(6-12-13)14(15)16/h6-8,10H,1-4H2. The Balaban J connectivity index is 2.21. The lowest BCUT2D eigenvalue weighted by molar-refractivity contribution is -0.385. The third-order valence-corrected chi connectivity index (χ3v) is 3.03. The summed E-state index contributed by atoms with van der Waals surface area (Å²) in [4.78, 5) is 10.1. The predicted octanol–water partition coefficient (Wildman–Crippen LogP) is 2.05. The summed E-state index contributed by atoms with van der Waals surface area (Å²) >= 11 is 0. The Morgan fingerprint density at radius 1 is 1.56 bits per heavy atom. The van der Waals surface area contributed by atoms with Gasteiger partial charge >= 0.3 is 5.69 Å². The minimum absolute atomic E-state index is 0.00699. The number of nitro groups is 1. The molecule has 84 valence electrons. The lowest BCUT2D eigenvalue weighted by atomic mass is 9.86. The van der Waals surface area contributed by atoms with Gasteiger partial charge in [-0.3, -0.25) is 14.8 Å². The second-order valence-electron chi connectivity index (χ2n) is 4.02. The molecule has 0 spiro atoms. The van der Waals surface area contributed by atoms with Gasteiger partial charge in [0.25, 0.3) is 0 Å². The van der Waals surface area contributed by atoms with Crippen molar-refractivity contribution >= 4 is 5.69 Å². The quantitative estimate of drug-likeness (QED) is 0.563. The van der Waals surface area contributed by atoms with Crippen molar-refractivity contribution in [1.29, 1.82) is 5.26 Å². The predicted molar refractivity (Wildman–Crippen MR) is 55.5 cm³/mol. The molecule has 0 saturated heterocycles. The summed E-state index contributed by atoms with van der Waals surface area (Å²) < 4.78 is 1.57. The van der Waals surface area contributed by atoms with Crippen LogP contribution < -0.4 is 0 Å². The van der Waals surface area contributed by atoms with E-state index in [-0.39, 0.29) is 17.6 Å². The van der Waals surface area contributed by atoms with Crippen LogP contribution in [0.3, 0.4) is 0 Å². The Labute approximate surface area is 92.6 Å². The highest BCUT2D eigenvalue weighted by molar-refractivity contribution is 5.21. The van der Waals surface area contributed by atoms with E-state index in [0.717, 1.165) is 25.7 Å². The van der Waals surface area contributed by atoms with Crippen molar-refractivity contribution in [1.82, 2.24) is 9.78 Å². The summed E-state index contributed by atoms with van der Waals surface area (Å²) in [6.45, 7) is 0. The summed E-state index contributed by atoms with van der Waals surface area (Å²) in [7, 11) is 0. The zero-order valence-electron chi connectivity index (χ0n) is 8.74. The maximum absolute atomic E-state index is 10.5. The molecule has 0 aromatic carbocycles. The molecule has 1 aromatic rings. The van der Waals surface area contributed by atoms with Gasteiger partial charge in [0.1, 0.15) is 12.4 Å². The molecule has 1 fully saturated rings. The largest absolute Gasteiger partial charge is 0.307 e. The van der Waals surface area contributed by atoms with Crippen molar-refractivity contribution in [3.8, 4) is 6.07 Å². The summed E-state index contributed by atoms with van der Waals surface area (Å²) in [6, 6.07) is 2.25. The summed E-state index contributed by atoms with van der Waals surface area (Å²) in [6.07, 6.45) is 6.49. The van der Waals surface area contributed by atoms with E-state index in [4.69, 9.17) is 5.26 Å². The summed E-state index contributed by atoms with van der Waals surface area (Å²) in [5.74, 6) is -0.0757. The van der Waals surface area contributed by atoms with Gasteiger partial charge < -0.3 is 0 Å². The van der Waals surface area contributed by atoms with Crippen LogP contribution in [0.4, 0.5) is 5.69 Å². The van der Waals surface area contributed by atoms with Crippen LogP contribution in [0.5, 0.6) is 0 Å². The molecule has 6 nitrogen and oxygen atoms in total. The van der Waals surface area contributed by atoms with Crippen LogP contribution in [0.2, 0.25) is 0 Å². The fourth-order valence-electron chi connectivity index (χ4n) is 2.18. The van der Waals surface area contributed by atoms with Gasteiger partial charge in [-0.15, -0.1) is 0 Å². The molecule has 16 heavy (non-hydrogen) atoms. The number of rotatable bonds is 2. The summed E-state index contributed by atoms with van der Waals surface area (Å²) in [5.41, 5.74) is -0.0118. The van der Waals surface area contributed by atoms with Crippen molar-refractivity contribution in [2.75, 3.05) is 0 Å². The first-order valence-corrected chi connectivity index (χ1v) is 5.30. The van der Waals surface area contributed by atoms with E-state index in [1.54, 1.807) is 4.68 Å². The fraction of sp³-hybridized carbons (Fsp3) is 0.600. The Kier molecular flexibility index (Phi) is 2.86. The molecule has 0 amide bonds. The number of aromatic nitrogens is 2. The third kappa shape index (κ3) is 1.89. The molecular formula is C10H12N4O2. The molecule has 2 atom stereocenters. The minimum atomic E-state index is -0.465. The van der Waals surface area contributed by atoms with Crippen molar-refractivity contribution in [3.05, 3.63) is 22.5 Å². The van der Waals surface area contributed by atoms with E-state index in [2.05, 4.69) is 11.2 Å². The molecule has 1 saturated carbocycles. The van der Waals surface area contributed by atoms with Gasteiger partial charge in [-0.05, 0) is 12.8 Å². The second-order valence-corrected chi connectivity index (χ2v) is 4.02. The zero-order chi connectivity index (χ0) is 11.5. The first-order valence-electron chi connectivity index (χ1n) is 5.30. The van der Waals surface area contributed by atoms with Gasteiger partial charge in [-0.2, -0.15) is 10.4 Å². The average Bonchev–Trinajstić information content (AvgIpc) is 2.78. The van der Waals surface area contributed by atoms with E-state index >= 15 is 0 Å². The highest BCUT2D eigenvalue weighted by Gasteiger charge is 2.28. The third-order valence-electron chi connectivity index (χ3n) is 3.03. The van der Waals surface area contributed by atoms with E-state index < -0.39 is 4.92 Å². The van der Waals surface area contributed by atoms with Gasteiger partial charge in [0, 0.05) is 0 Å². The monoisotopic (exact) mass is 220 g/mol. The van der Waals surface area contributed by atoms with E-state index in [1.165, 1.54) is 12.4 Å². The average molecular weight is 220 g/mol. The smallest absolute Gasteiger partial charge is 0.261 e. The number of hydrogen-bond donors (Lipinski definition) is 0. The van der Waals surface area contributed by atoms with Crippen LogP contribution in [0.25, 0.3) is 0 Å². The first kappa shape index (κ1) is 10.6. The fourth-order valence-corrected chi connectivity index (χ4v) is 2.18. The van der Waals surface area contributed by atoms with Gasteiger partial charge in [0.2, 0.25) is 0 Å². The maximum atomic E-state index is 10.5. The molecule has 0 radical (unpaired) electrons. The number of hydrogen-bond acceptors (Lipinski definition) is 4. The number of nitrogens with zero attached hydrogens (tertiary/aromatic N) is 4. The SMILES string of the molecule is N#CC1CCCCC1n1cc([N+](=O)[O-])cn1. The molecule has 2 rings (SSSR count). The topological polar surface area (TPSA) is 84.8 Å². The highest BCUT2D eigenvalue weighted by Crippen LogP contribution is 2.33. The van der Waals surface area contributed by atoms with Gasteiger partial charge in [0.05, 0.1) is 23.0 Å². The number of nitriles is 1. The van der Waals surface area contributed by atoms with Gasteiger partial charge in [0.15, 0.2) is 0 Å². The lowest BCUT2D eigenvalue weighted by Crippen LogP contribution is -2.22. The van der Waals surface area contributed by atoms with Crippen molar-refractivity contribution in [2.45, 2.75) is 31.7 Å².